The van der Waals surface area contributed by atoms with Crippen LogP contribution in [-0.4, -0.2) is 42.6 Å². The van der Waals surface area contributed by atoms with Crippen LogP contribution in [-0.2, 0) is 6.42 Å². The van der Waals surface area contributed by atoms with Gasteiger partial charge >= 0.3 is 6.03 Å². The quantitative estimate of drug-likeness (QED) is 0.865. The highest BCUT2D eigenvalue weighted by Gasteiger charge is 2.39. The molecule has 0 aliphatic carbocycles. The number of rotatable bonds is 1. The normalized spacial score (nSPS) is 30.5. The van der Waals surface area contributed by atoms with Crippen LogP contribution in [0.25, 0.3) is 0 Å². The molecule has 4 rings (SSSR count). The summed E-state index contributed by atoms with van der Waals surface area (Å²) in [5.74, 6) is -0.229. The Morgan fingerprint density at radius 3 is 2.73 bits per heavy atom. The van der Waals surface area contributed by atoms with Gasteiger partial charge in [-0.15, -0.1) is 0 Å². The highest BCUT2D eigenvalue weighted by molar-refractivity contribution is 5.94. The maximum Gasteiger partial charge on any atom is 0.322 e. The Morgan fingerprint density at radius 1 is 1.27 bits per heavy atom. The van der Waals surface area contributed by atoms with Gasteiger partial charge in [0.2, 0.25) is 0 Å². The number of hydrogen-bond donors (Lipinski definition) is 1. The molecule has 0 spiro atoms. The van der Waals surface area contributed by atoms with Crippen LogP contribution in [0.4, 0.5) is 14.9 Å². The predicted molar refractivity (Wildman–Crippen MR) is 83.6 cm³/mol. The van der Waals surface area contributed by atoms with Gasteiger partial charge in [-0.25, -0.2) is 9.18 Å². The van der Waals surface area contributed by atoms with Crippen LogP contribution in [0.5, 0.6) is 0 Å². The summed E-state index contributed by atoms with van der Waals surface area (Å²) in [7, 11) is 2.20. The van der Waals surface area contributed by atoms with Gasteiger partial charge in [-0.05, 0) is 62.9 Å². The SMILES string of the molecule is CN1C2CCC1CC(NC(=O)N1CCc3cc(F)ccc31)C2. The van der Waals surface area contributed by atoms with E-state index >= 15 is 0 Å². The van der Waals surface area contributed by atoms with Crippen LogP contribution in [0.15, 0.2) is 18.2 Å². The van der Waals surface area contributed by atoms with Crippen molar-refractivity contribution in [1.82, 2.24) is 10.2 Å². The third-order valence-corrected chi connectivity index (χ3v) is 5.61. The van der Waals surface area contributed by atoms with E-state index in [-0.39, 0.29) is 17.9 Å². The topological polar surface area (TPSA) is 35.6 Å². The highest BCUT2D eigenvalue weighted by atomic mass is 19.1. The van der Waals surface area contributed by atoms with Gasteiger partial charge in [-0.2, -0.15) is 0 Å². The van der Waals surface area contributed by atoms with E-state index in [4.69, 9.17) is 0 Å². The molecule has 22 heavy (non-hydrogen) atoms. The van der Waals surface area contributed by atoms with Crippen molar-refractivity contribution in [2.45, 2.75) is 50.2 Å². The molecule has 3 aliphatic heterocycles. The number of amides is 2. The van der Waals surface area contributed by atoms with Gasteiger partial charge in [0.1, 0.15) is 5.82 Å². The summed E-state index contributed by atoms with van der Waals surface area (Å²) in [5, 5.41) is 3.20. The molecule has 2 bridgehead atoms. The molecule has 3 aliphatic rings. The molecule has 2 atom stereocenters. The molecule has 2 fully saturated rings. The van der Waals surface area contributed by atoms with Gasteiger partial charge in [0.15, 0.2) is 0 Å². The van der Waals surface area contributed by atoms with E-state index in [0.29, 0.717) is 18.6 Å². The van der Waals surface area contributed by atoms with Gasteiger partial charge in [-0.1, -0.05) is 0 Å². The van der Waals surface area contributed by atoms with Crippen molar-refractivity contribution in [1.29, 1.82) is 0 Å². The molecule has 5 heteroatoms. The zero-order chi connectivity index (χ0) is 15.3. The molecule has 118 valence electrons. The van der Waals surface area contributed by atoms with E-state index in [1.165, 1.54) is 18.9 Å². The Kier molecular flexibility index (Phi) is 3.33. The van der Waals surface area contributed by atoms with E-state index in [2.05, 4.69) is 17.3 Å². The number of hydrogen-bond acceptors (Lipinski definition) is 2. The maximum absolute atomic E-state index is 13.3. The van der Waals surface area contributed by atoms with Crippen molar-refractivity contribution >= 4 is 11.7 Å². The van der Waals surface area contributed by atoms with Gasteiger partial charge < -0.3 is 10.2 Å². The van der Waals surface area contributed by atoms with E-state index in [0.717, 1.165) is 30.5 Å². The van der Waals surface area contributed by atoms with E-state index < -0.39 is 0 Å². The highest BCUT2D eigenvalue weighted by Crippen LogP contribution is 2.34. The Morgan fingerprint density at radius 2 is 2.00 bits per heavy atom. The Balaban J connectivity index is 1.44. The Labute approximate surface area is 130 Å². The zero-order valence-corrected chi connectivity index (χ0v) is 12.9. The van der Waals surface area contributed by atoms with Crippen LogP contribution < -0.4 is 10.2 Å². The maximum atomic E-state index is 13.3. The summed E-state index contributed by atoms with van der Waals surface area (Å²) in [5.41, 5.74) is 1.79. The second-order valence-electron chi connectivity index (χ2n) is 6.84. The summed E-state index contributed by atoms with van der Waals surface area (Å²) in [6.45, 7) is 0.643. The molecule has 2 amide bonds. The second-order valence-corrected chi connectivity index (χ2v) is 6.84. The lowest BCUT2D eigenvalue weighted by Crippen LogP contribution is -2.51. The standard InChI is InChI=1S/C17H22FN3O/c1-20-14-3-4-15(20)10-13(9-14)19-17(22)21-7-6-11-8-12(18)2-5-16(11)21/h2,5,8,13-15H,3-4,6-7,9-10H2,1H3,(H,19,22). The Hall–Kier alpha value is -1.62. The average Bonchev–Trinajstić information content (AvgIpc) is 2.97. The molecule has 3 heterocycles. The van der Waals surface area contributed by atoms with Crippen molar-refractivity contribution in [3.05, 3.63) is 29.6 Å². The fraction of sp³-hybridized carbons (Fsp3) is 0.588. The number of carbonyl (C=O) groups excluding carboxylic acids is 1. The van der Waals surface area contributed by atoms with Crippen LogP contribution >= 0.6 is 0 Å². The number of nitrogens with one attached hydrogen (secondary N) is 1. The molecule has 0 saturated carbocycles. The minimum Gasteiger partial charge on any atom is -0.335 e. The minimum atomic E-state index is -0.229. The fourth-order valence-corrected chi connectivity index (χ4v) is 4.36. The van der Waals surface area contributed by atoms with Gasteiger partial charge in [0.05, 0.1) is 0 Å². The number of carbonyl (C=O) groups is 1. The van der Waals surface area contributed by atoms with Gasteiger partial charge in [0.25, 0.3) is 0 Å². The molecular formula is C17H22FN3O. The minimum absolute atomic E-state index is 0.0284. The molecule has 1 aromatic carbocycles. The largest absolute Gasteiger partial charge is 0.335 e. The van der Waals surface area contributed by atoms with Gasteiger partial charge in [0, 0.05) is 30.4 Å². The number of piperidine rings is 1. The van der Waals surface area contributed by atoms with Crippen molar-refractivity contribution in [3.8, 4) is 0 Å². The number of nitrogens with zero attached hydrogens (tertiary/aromatic N) is 2. The number of fused-ring (bicyclic) bond motifs is 3. The molecule has 2 saturated heterocycles. The number of anilines is 1. The second kappa shape index (κ2) is 5.23. The lowest BCUT2D eigenvalue weighted by atomic mass is 9.98. The fourth-order valence-electron chi connectivity index (χ4n) is 4.36. The number of halogens is 1. The molecule has 1 N–H and O–H groups in total. The molecule has 1 aromatic rings. The van der Waals surface area contributed by atoms with E-state index in [1.54, 1.807) is 17.0 Å². The average molecular weight is 303 g/mol. The molecule has 0 radical (unpaired) electrons. The van der Waals surface area contributed by atoms with Crippen molar-refractivity contribution in [3.63, 3.8) is 0 Å². The third kappa shape index (κ3) is 2.28. The Bertz CT molecular complexity index is 592. The van der Waals surface area contributed by atoms with E-state index in [9.17, 15) is 9.18 Å². The summed E-state index contributed by atoms with van der Waals surface area (Å²) >= 11 is 0. The first-order valence-electron chi connectivity index (χ1n) is 8.20. The summed E-state index contributed by atoms with van der Waals surface area (Å²) < 4.78 is 13.3. The van der Waals surface area contributed by atoms with Crippen LogP contribution in [0.1, 0.15) is 31.2 Å². The molecule has 4 nitrogen and oxygen atoms in total. The van der Waals surface area contributed by atoms with Crippen LogP contribution in [0, 0.1) is 5.82 Å². The smallest absolute Gasteiger partial charge is 0.322 e. The first-order valence-corrected chi connectivity index (χ1v) is 8.20. The molecule has 0 aromatic heterocycles. The zero-order valence-electron chi connectivity index (χ0n) is 12.9. The number of urea groups is 1. The number of benzene rings is 1. The lowest BCUT2D eigenvalue weighted by molar-refractivity contribution is 0.150. The summed E-state index contributed by atoms with van der Waals surface area (Å²) in [4.78, 5) is 16.8. The van der Waals surface area contributed by atoms with Crippen LogP contribution in [0.2, 0.25) is 0 Å². The van der Waals surface area contributed by atoms with Crippen molar-refractivity contribution in [2.75, 3.05) is 18.5 Å². The van der Waals surface area contributed by atoms with Crippen molar-refractivity contribution in [2.24, 2.45) is 0 Å². The van der Waals surface area contributed by atoms with Crippen LogP contribution in [0.3, 0.4) is 0 Å². The first kappa shape index (κ1) is 14.0. The van der Waals surface area contributed by atoms with Crippen molar-refractivity contribution < 1.29 is 9.18 Å². The first-order chi connectivity index (χ1) is 10.6. The predicted octanol–water partition coefficient (Wildman–Crippen LogP) is 2.52. The monoisotopic (exact) mass is 303 g/mol. The lowest BCUT2D eigenvalue weighted by Gasteiger charge is -2.37. The van der Waals surface area contributed by atoms with Gasteiger partial charge in [-0.3, -0.25) is 4.90 Å². The summed E-state index contributed by atoms with van der Waals surface area (Å²) in [6.07, 6.45) is 5.32. The third-order valence-electron chi connectivity index (χ3n) is 5.61. The summed E-state index contributed by atoms with van der Waals surface area (Å²) in [6, 6.07) is 6.16. The van der Waals surface area contributed by atoms with E-state index in [1.807, 2.05) is 0 Å². The molecular weight excluding hydrogens is 281 g/mol. The molecule has 2 unspecified atom stereocenters.